The van der Waals surface area contributed by atoms with Crippen molar-refractivity contribution in [2.24, 2.45) is 5.73 Å². The summed E-state index contributed by atoms with van der Waals surface area (Å²) in [7, 11) is 1.62. The number of anilines is 2. The molecule has 3 aromatic carbocycles. The van der Waals surface area contributed by atoms with Gasteiger partial charge < -0.3 is 30.3 Å². The van der Waals surface area contributed by atoms with Gasteiger partial charge in [-0.3, -0.25) is 14.4 Å². The second-order valence-corrected chi connectivity index (χ2v) is 10.6. The molecule has 0 spiro atoms. The van der Waals surface area contributed by atoms with Gasteiger partial charge in [-0.1, -0.05) is 18.2 Å². The van der Waals surface area contributed by atoms with Crippen molar-refractivity contribution in [3.63, 3.8) is 0 Å². The van der Waals surface area contributed by atoms with Crippen molar-refractivity contribution < 1.29 is 23.9 Å². The molecule has 40 heavy (non-hydrogen) atoms. The maximum Gasteiger partial charge on any atom is 0.258 e. The van der Waals surface area contributed by atoms with Gasteiger partial charge in [-0.25, -0.2) is 0 Å². The maximum atomic E-state index is 13.5. The number of carbonyl (C=O) groups is 3. The number of fused-ring (bicyclic) bond motifs is 2. The first kappa shape index (κ1) is 25.7. The zero-order valence-electron chi connectivity index (χ0n) is 22.4. The Labute approximate surface area is 232 Å². The summed E-state index contributed by atoms with van der Waals surface area (Å²) in [5.41, 5.74) is 10.7. The average Bonchev–Trinajstić information content (AvgIpc) is 3.66. The number of nitrogens with two attached hydrogens (primary N) is 1. The molecule has 3 N–H and O–H groups in total. The second kappa shape index (κ2) is 10.6. The van der Waals surface area contributed by atoms with Gasteiger partial charge in [0.2, 0.25) is 5.91 Å². The minimum absolute atomic E-state index is 0.00223. The van der Waals surface area contributed by atoms with E-state index in [4.69, 9.17) is 15.2 Å². The summed E-state index contributed by atoms with van der Waals surface area (Å²) in [6, 6.07) is 17.0. The van der Waals surface area contributed by atoms with Gasteiger partial charge in [0.1, 0.15) is 0 Å². The van der Waals surface area contributed by atoms with Crippen LogP contribution in [-0.4, -0.2) is 42.4 Å². The van der Waals surface area contributed by atoms with Gasteiger partial charge in [-0.2, -0.15) is 0 Å². The van der Waals surface area contributed by atoms with Gasteiger partial charge >= 0.3 is 0 Å². The Morgan fingerprint density at radius 2 is 1.68 bits per heavy atom. The molecule has 206 valence electrons. The van der Waals surface area contributed by atoms with Crippen molar-refractivity contribution in [2.45, 2.75) is 51.4 Å². The number of nitrogens with zero attached hydrogens (tertiary/aromatic N) is 2. The highest BCUT2D eigenvalue weighted by Crippen LogP contribution is 2.38. The number of ether oxygens (including phenoxy) is 2. The summed E-state index contributed by atoms with van der Waals surface area (Å²) in [5.74, 6) is 0.697. The monoisotopic (exact) mass is 540 g/mol. The van der Waals surface area contributed by atoms with Crippen LogP contribution in [0.2, 0.25) is 0 Å². The van der Waals surface area contributed by atoms with Gasteiger partial charge in [-0.05, 0) is 72.7 Å². The van der Waals surface area contributed by atoms with E-state index >= 15 is 0 Å². The molecule has 0 atom stereocenters. The Kier molecular flexibility index (Phi) is 6.79. The molecule has 0 radical (unpaired) electrons. The topological polar surface area (TPSA) is 114 Å². The predicted molar refractivity (Wildman–Crippen MR) is 151 cm³/mol. The van der Waals surface area contributed by atoms with E-state index in [1.165, 1.54) is 12.8 Å². The molecule has 0 unspecified atom stereocenters. The molecule has 2 heterocycles. The minimum Gasteiger partial charge on any atom is -0.493 e. The summed E-state index contributed by atoms with van der Waals surface area (Å²) in [6.45, 7) is 1.35. The first-order valence-corrected chi connectivity index (χ1v) is 13.6. The number of benzene rings is 3. The molecular formula is C31H32N4O5. The molecule has 1 saturated carbocycles. The number of rotatable bonds is 9. The number of carbonyl (C=O) groups excluding carboxylic acids is 3. The fraction of sp³-hybridized carbons (Fsp3) is 0.323. The average molecular weight is 541 g/mol. The Morgan fingerprint density at radius 3 is 2.45 bits per heavy atom. The molecule has 6 rings (SSSR count). The van der Waals surface area contributed by atoms with Crippen LogP contribution >= 0.6 is 0 Å². The third-order valence-electron chi connectivity index (χ3n) is 7.86. The first-order valence-electron chi connectivity index (χ1n) is 13.6. The van der Waals surface area contributed by atoms with Crippen molar-refractivity contribution >= 4 is 29.1 Å². The van der Waals surface area contributed by atoms with Crippen molar-refractivity contribution in [1.29, 1.82) is 0 Å². The standard InChI is InChI=1S/C31H32N4O5/c1-39-27-11-10-23(14-28(27)40-24-4-2-3-5-24)35-18-21-7-6-19(12-25(21)31(35)38)16-34-17-20-8-9-22(33-15-29(32)36)13-26(20)30(34)37/h6-14,24,33H,2-5,15-18H2,1H3,(H2,32,36). The van der Waals surface area contributed by atoms with E-state index in [0.29, 0.717) is 47.9 Å². The third kappa shape index (κ3) is 4.95. The van der Waals surface area contributed by atoms with Crippen LogP contribution in [0.1, 0.15) is 63.1 Å². The third-order valence-corrected chi connectivity index (χ3v) is 7.86. The molecule has 0 saturated heterocycles. The lowest BCUT2D eigenvalue weighted by molar-refractivity contribution is -0.116. The summed E-state index contributed by atoms with van der Waals surface area (Å²) >= 11 is 0. The molecule has 3 aromatic rings. The van der Waals surface area contributed by atoms with Crippen molar-refractivity contribution in [1.82, 2.24) is 4.90 Å². The van der Waals surface area contributed by atoms with E-state index in [1.807, 2.05) is 48.5 Å². The largest absolute Gasteiger partial charge is 0.493 e. The molecule has 0 bridgehead atoms. The van der Waals surface area contributed by atoms with E-state index in [9.17, 15) is 14.4 Å². The summed E-state index contributed by atoms with van der Waals surface area (Å²) in [4.78, 5) is 41.3. The summed E-state index contributed by atoms with van der Waals surface area (Å²) in [6.07, 6.45) is 4.57. The van der Waals surface area contributed by atoms with Crippen LogP contribution in [0.4, 0.5) is 11.4 Å². The Morgan fingerprint density at radius 1 is 0.925 bits per heavy atom. The zero-order chi connectivity index (χ0) is 27.8. The summed E-state index contributed by atoms with van der Waals surface area (Å²) in [5, 5.41) is 2.93. The number of hydrogen-bond donors (Lipinski definition) is 2. The number of amides is 3. The van der Waals surface area contributed by atoms with E-state index in [2.05, 4.69) is 5.32 Å². The van der Waals surface area contributed by atoms with Gasteiger partial charge in [-0.15, -0.1) is 0 Å². The van der Waals surface area contributed by atoms with Crippen molar-refractivity contribution in [2.75, 3.05) is 23.9 Å². The molecule has 9 heteroatoms. The SMILES string of the molecule is COc1ccc(N2Cc3ccc(CN4Cc5ccc(NCC(N)=O)cc5C4=O)cc3C2=O)cc1OC1CCCC1. The Balaban J connectivity index is 1.16. The van der Waals surface area contributed by atoms with E-state index < -0.39 is 5.91 Å². The lowest BCUT2D eigenvalue weighted by Crippen LogP contribution is -2.24. The van der Waals surface area contributed by atoms with E-state index in [0.717, 1.165) is 35.2 Å². The predicted octanol–water partition coefficient (Wildman–Crippen LogP) is 4.23. The number of primary amides is 1. The van der Waals surface area contributed by atoms with Crippen LogP contribution in [0.3, 0.4) is 0 Å². The quantitative estimate of drug-likeness (QED) is 0.420. The number of hydrogen-bond acceptors (Lipinski definition) is 6. The Bertz CT molecular complexity index is 1500. The molecule has 3 amide bonds. The van der Waals surface area contributed by atoms with E-state index in [-0.39, 0.29) is 24.5 Å². The lowest BCUT2D eigenvalue weighted by Gasteiger charge is -2.20. The van der Waals surface area contributed by atoms with E-state index in [1.54, 1.807) is 23.0 Å². The normalized spacial score (nSPS) is 16.3. The zero-order valence-corrected chi connectivity index (χ0v) is 22.4. The highest BCUT2D eigenvalue weighted by atomic mass is 16.5. The van der Waals surface area contributed by atoms with Crippen LogP contribution in [0, 0.1) is 0 Å². The number of nitrogens with one attached hydrogen (secondary N) is 1. The fourth-order valence-electron chi connectivity index (χ4n) is 5.77. The molecule has 9 nitrogen and oxygen atoms in total. The van der Waals surface area contributed by atoms with Crippen LogP contribution < -0.4 is 25.4 Å². The van der Waals surface area contributed by atoms with Crippen LogP contribution in [0.5, 0.6) is 11.5 Å². The Hall–Kier alpha value is -4.53. The molecule has 1 fully saturated rings. The molecular weight excluding hydrogens is 508 g/mol. The highest BCUT2D eigenvalue weighted by molar-refractivity contribution is 6.10. The molecule has 0 aromatic heterocycles. The molecule has 1 aliphatic carbocycles. The minimum atomic E-state index is -0.469. The number of methoxy groups -OCH3 is 1. The van der Waals surface area contributed by atoms with Gasteiger partial charge in [0.15, 0.2) is 11.5 Å². The first-order chi connectivity index (χ1) is 19.4. The second-order valence-electron chi connectivity index (χ2n) is 10.6. The van der Waals surface area contributed by atoms with Crippen molar-refractivity contribution in [3.05, 3.63) is 82.4 Å². The highest BCUT2D eigenvalue weighted by Gasteiger charge is 2.32. The van der Waals surface area contributed by atoms with Crippen LogP contribution in [0.25, 0.3) is 0 Å². The van der Waals surface area contributed by atoms with Gasteiger partial charge in [0.25, 0.3) is 11.8 Å². The molecule has 2 aliphatic heterocycles. The summed E-state index contributed by atoms with van der Waals surface area (Å²) < 4.78 is 11.8. The van der Waals surface area contributed by atoms with Crippen LogP contribution in [0.15, 0.2) is 54.6 Å². The fourth-order valence-corrected chi connectivity index (χ4v) is 5.77. The molecule has 3 aliphatic rings. The van der Waals surface area contributed by atoms with Gasteiger partial charge in [0.05, 0.1) is 26.3 Å². The lowest BCUT2D eigenvalue weighted by atomic mass is 10.1. The van der Waals surface area contributed by atoms with Crippen molar-refractivity contribution in [3.8, 4) is 11.5 Å². The van der Waals surface area contributed by atoms with Gasteiger partial charge in [0, 0.05) is 41.7 Å². The maximum absolute atomic E-state index is 13.5. The smallest absolute Gasteiger partial charge is 0.258 e. The van der Waals surface area contributed by atoms with Crippen LogP contribution in [-0.2, 0) is 24.4 Å².